The van der Waals surface area contributed by atoms with Gasteiger partial charge in [-0.05, 0) is 42.3 Å². The molecule has 2 aromatic heterocycles. The summed E-state index contributed by atoms with van der Waals surface area (Å²) in [6.45, 7) is 2.40. The number of fused-ring (bicyclic) bond motifs is 1. The molecule has 2 aromatic carbocycles. The molecule has 2 heterocycles. The van der Waals surface area contributed by atoms with Gasteiger partial charge >= 0.3 is 0 Å². The van der Waals surface area contributed by atoms with Crippen molar-refractivity contribution in [2.45, 2.75) is 19.9 Å². The zero-order valence-electron chi connectivity index (χ0n) is 17.7. The molecule has 0 atom stereocenters. The molecule has 7 heteroatoms. The van der Waals surface area contributed by atoms with Gasteiger partial charge in [0, 0.05) is 6.20 Å². The van der Waals surface area contributed by atoms with E-state index >= 15 is 0 Å². The molecule has 0 aliphatic heterocycles. The van der Waals surface area contributed by atoms with Crippen molar-refractivity contribution < 1.29 is 14.3 Å². The molecule has 0 N–H and O–H groups in total. The van der Waals surface area contributed by atoms with Crippen molar-refractivity contribution in [1.29, 1.82) is 0 Å². The fourth-order valence-corrected chi connectivity index (χ4v) is 4.49. The highest BCUT2D eigenvalue weighted by atomic mass is 32.1. The third-order valence-electron chi connectivity index (χ3n) is 5.03. The average molecular weight is 434 g/mol. The first kappa shape index (κ1) is 20.8. The molecule has 6 nitrogen and oxygen atoms in total. The highest BCUT2D eigenvalue weighted by Gasteiger charge is 2.26. The van der Waals surface area contributed by atoms with E-state index in [1.54, 1.807) is 36.4 Å². The van der Waals surface area contributed by atoms with Crippen LogP contribution < -0.4 is 14.4 Å². The number of aryl methyl sites for hydroxylation is 1. The monoisotopic (exact) mass is 433 g/mol. The second-order valence-corrected chi connectivity index (χ2v) is 7.88. The van der Waals surface area contributed by atoms with Gasteiger partial charge in [-0.1, -0.05) is 42.5 Å². The van der Waals surface area contributed by atoms with E-state index in [1.807, 2.05) is 30.3 Å². The highest BCUT2D eigenvalue weighted by Crippen LogP contribution is 2.36. The average Bonchev–Trinajstić information content (AvgIpc) is 3.26. The lowest BCUT2D eigenvalue weighted by atomic mass is 10.1. The van der Waals surface area contributed by atoms with E-state index in [-0.39, 0.29) is 5.91 Å². The number of hydrogen-bond donors (Lipinski definition) is 0. The molecule has 0 fully saturated rings. The van der Waals surface area contributed by atoms with Gasteiger partial charge in [0.05, 0.1) is 42.2 Å². The number of anilines is 1. The predicted octanol–water partition coefficient (Wildman–Crippen LogP) is 5.12. The molecule has 0 aliphatic carbocycles. The van der Waals surface area contributed by atoms with E-state index in [9.17, 15) is 4.79 Å². The third kappa shape index (κ3) is 4.09. The number of methoxy groups -OCH3 is 2. The topological polar surface area (TPSA) is 64.6 Å². The number of aromatic nitrogens is 2. The van der Waals surface area contributed by atoms with Gasteiger partial charge in [0.15, 0.2) is 16.6 Å². The van der Waals surface area contributed by atoms with Crippen LogP contribution in [0.15, 0.2) is 60.8 Å². The van der Waals surface area contributed by atoms with Crippen molar-refractivity contribution in [1.82, 2.24) is 9.97 Å². The number of nitrogens with zero attached hydrogens (tertiary/aromatic N) is 3. The Morgan fingerprint density at radius 1 is 1.03 bits per heavy atom. The van der Waals surface area contributed by atoms with Gasteiger partial charge in [-0.2, -0.15) is 0 Å². The van der Waals surface area contributed by atoms with Crippen molar-refractivity contribution in [3.05, 3.63) is 77.6 Å². The largest absolute Gasteiger partial charge is 0.493 e. The molecule has 4 aromatic rings. The lowest BCUT2D eigenvalue weighted by Crippen LogP contribution is -2.31. The Balaban J connectivity index is 1.83. The van der Waals surface area contributed by atoms with Gasteiger partial charge in [0.1, 0.15) is 0 Å². The van der Waals surface area contributed by atoms with Crippen LogP contribution in [0, 0.1) is 0 Å². The highest BCUT2D eigenvalue weighted by molar-refractivity contribution is 7.22. The van der Waals surface area contributed by atoms with E-state index in [0.29, 0.717) is 28.7 Å². The van der Waals surface area contributed by atoms with E-state index in [1.165, 1.54) is 18.4 Å². The molecule has 0 saturated carbocycles. The van der Waals surface area contributed by atoms with Crippen molar-refractivity contribution >= 4 is 32.6 Å². The quantitative estimate of drug-likeness (QED) is 0.405. The standard InChI is InChI=1S/C24H23N3O3S/c1-4-16-9-7-13-20-21(16)26-24(31-20)27(15-17-10-5-6-14-25-17)23(28)18-11-8-12-19(29-2)22(18)30-3/h5-14H,4,15H2,1-3H3. The van der Waals surface area contributed by atoms with Gasteiger partial charge in [-0.3, -0.25) is 14.7 Å². The normalized spacial score (nSPS) is 10.8. The van der Waals surface area contributed by atoms with Crippen LogP contribution >= 0.6 is 11.3 Å². The van der Waals surface area contributed by atoms with Crippen LogP contribution in [0.3, 0.4) is 0 Å². The Morgan fingerprint density at radius 3 is 2.58 bits per heavy atom. The van der Waals surface area contributed by atoms with Crippen LogP contribution in [-0.2, 0) is 13.0 Å². The first-order valence-electron chi connectivity index (χ1n) is 9.97. The van der Waals surface area contributed by atoms with Crippen LogP contribution in [0.4, 0.5) is 5.13 Å². The molecule has 4 rings (SSSR count). The fraction of sp³-hybridized carbons (Fsp3) is 0.208. The second-order valence-electron chi connectivity index (χ2n) is 6.87. The van der Waals surface area contributed by atoms with Crippen LogP contribution in [-0.4, -0.2) is 30.1 Å². The first-order valence-corrected chi connectivity index (χ1v) is 10.8. The number of carbonyl (C=O) groups is 1. The van der Waals surface area contributed by atoms with Crippen LogP contribution in [0.1, 0.15) is 28.5 Å². The van der Waals surface area contributed by atoms with E-state index < -0.39 is 0 Å². The molecular weight excluding hydrogens is 410 g/mol. The van der Waals surface area contributed by atoms with Gasteiger partial charge in [-0.25, -0.2) is 4.98 Å². The lowest BCUT2D eigenvalue weighted by molar-refractivity contribution is 0.0981. The maximum Gasteiger partial charge on any atom is 0.264 e. The summed E-state index contributed by atoms with van der Waals surface area (Å²) in [5.41, 5.74) is 3.27. The minimum absolute atomic E-state index is 0.224. The molecule has 0 saturated heterocycles. The lowest BCUT2D eigenvalue weighted by Gasteiger charge is -2.21. The van der Waals surface area contributed by atoms with Crippen LogP contribution in [0.2, 0.25) is 0 Å². The summed E-state index contributed by atoms with van der Waals surface area (Å²) in [5.74, 6) is 0.679. The Labute approximate surface area is 185 Å². The minimum Gasteiger partial charge on any atom is -0.493 e. The molecule has 0 spiro atoms. The predicted molar refractivity (Wildman–Crippen MR) is 123 cm³/mol. The van der Waals surface area contributed by atoms with Gasteiger partial charge in [0.25, 0.3) is 5.91 Å². The van der Waals surface area contributed by atoms with E-state index in [4.69, 9.17) is 14.5 Å². The third-order valence-corrected chi connectivity index (χ3v) is 6.07. The molecule has 158 valence electrons. The Bertz CT molecular complexity index is 1210. The SMILES string of the molecule is CCc1cccc2sc(N(Cc3ccccn3)C(=O)c3cccc(OC)c3OC)nc12. The number of ether oxygens (including phenoxy) is 2. The Kier molecular flexibility index (Phi) is 6.13. The Morgan fingerprint density at radius 2 is 1.87 bits per heavy atom. The zero-order valence-corrected chi connectivity index (χ0v) is 18.5. The van der Waals surface area contributed by atoms with Crippen molar-refractivity contribution in [3.8, 4) is 11.5 Å². The molecule has 31 heavy (non-hydrogen) atoms. The fourth-order valence-electron chi connectivity index (χ4n) is 3.48. The summed E-state index contributed by atoms with van der Waals surface area (Å²) in [6.07, 6.45) is 2.59. The molecule has 0 aliphatic rings. The number of para-hydroxylation sites is 2. The van der Waals surface area contributed by atoms with E-state index in [2.05, 4.69) is 18.0 Å². The smallest absolute Gasteiger partial charge is 0.264 e. The van der Waals surface area contributed by atoms with E-state index in [0.717, 1.165) is 27.9 Å². The van der Waals surface area contributed by atoms with Gasteiger partial charge in [-0.15, -0.1) is 0 Å². The number of rotatable bonds is 7. The second kappa shape index (κ2) is 9.14. The summed E-state index contributed by atoms with van der Waals surface area (Å²) in [7, 11) is 3.08. The van der Waals surface area contributed by atoms with Crippen molar-refractivity contribution in [2.24, 2.45) is 0 Å². The number of amides is 1. The molecule has 0 radical (unpaired) electrons. The number of thiazole rings is 1. The minimum atomic E-state index is -0.224. The number of hydrogen-bond acceptors (Lipinski definition) is 6. The molecule has 0 bridgehead atoms. The Hall–Kier alpha value is -3.45. The van der Waals surface area contributed by atoms with Crippen molar-refractivity contribution in [3.63, 3.8) is 0 Å². The summed E-state index contributed by atoms with van der Waals surface area (Å²) in [4.78, 5) is 24.7. The first-order chi connectivity index (χ1) is 15.2. The van der Waals surface area contributed by atoms with Gasteiger partial charge in [0.2, 0.25) is 0 Å². The van der Waals surface area contributed by atoms with Crippen molar-refractivity contribution in [2.75, 3.05) is 19.1 Å². The summed E-state index contributed by atoms with van der Waals surface area (Å²) in [5, 5.41) is 0.622. The maximum atomic E-state index is 13.8. The molecular formula is C24H23N3O3S. The molecule has 0 unspecified atom stereocenters. The number of carbonyl (C=O) groups excluding carboxylic acids is 1. The summed E-state index contributed by atoms with van der Waals surface area (Å²) < 4.78 is 12.0. The van der Waals surface area contributed by atoms with Crippen LogP contribution in [0.25, 0.3) is 10.2 Å². The zero-order chi connectivity index (χ0) is 21.8. The summed E-state index contributed by atoms with van der Waals surface area (Å²) in [6, 6.07) is 17.1. The number of pyridine rings is 1. The number of benzene rings is 2. The molecule has 1 amide bonds. The summed E-state index contributed by atoms with van der Waals surface area (Å²) >= 11 is 1.49. The maximum absolute atomic E-state index is 13.8. The van der Waals surface area contributed by atoms with Gasteiger partial charge < -0.3 is 9.47 Å². The van der Waals surface area contributed by atoms with Crippen LogP contribution in [0.5, 0.6) is 11.5 Å².